The molecule has 0 fully saturated rings. The number of carbonyl (C=O) groups excluding carboxylic acids is 1. The Morgan fingerprint density at radius 2 is 2.00 bits per heavy atom. The van der Waals surface area contributed by atoms with Crippen molar-refractivity contribution in [1.29, 1.82) is 0 Å². The first kappa shape index (κ1) is 14.3. The molecular weight excluding hydrogens is 306 g/mol. The van der Waals surface area contributed by atoms with Crippen molar-refractivity contribution in [3.63, 3.8) is 0 Å². The lowest BCUT2D eigenvalue weighted by Crippen LogP contribution is -2.16. The fraction of sp³-hybridized carbons (Fsp3) is 0.111. The van der Waals surface area contributed by atoms with Gasteiger partial charge in [-0.1, -0.05) is 12.1 Å². The van der Waals surface area contributed by atoms with Crippen LogP contribution >= 0.6 is 0 Å². The van der Waals surface area contributed by atoms with Crippen LogP contribution in [0.3, 0.4) is 0 Å². The van der Waals surface area contributed by atoms with Gasteiger partial charge in [-0.15, -0.1) is 0 Å². The molecule has 1 aliphatic rings. The second-order valence-electron chi connectivity index (χ2n) is 5.39. The third-order valence-electron chi connectivity index (χ3n) is 3.96. The van der Waals surface area contributed by atoms with Crippen molar-refractivity contribution in [1.82, 2.24) is 10.2 Å². The van der Waals surface area contributed by atoms with Crippen LogP contribution in [0.5, 0.6) is 11.5 Å². The number of ether oxygens (including phenoxy) is 2. The van der Waals surface area contributed by atoms with Gasteiger partial charge in [-0.25, -0.2) is 0 Å². The van der Waals surface area contributed by atoms with Crippen molar-refractivity contribution < 1.29 is 14.3 Å². The standard InChI is InChI=1S/C18H15N3O3/c1-23-12-8-6-11(7-9-12)19-18(22)17-14-10-24-15-5-3-2-4-13(15)16(14)20-21-17/h2-9H,10H2,1H3,(H,19,22)(H,20,21). The Hall–Kier alpha value is -3.28. The molecule has 120 valence electrons. The number of amides is 1. The van der Waals surface area contributed by atoms with E-state index in [4.69, 9.17) is 9.47 Å². The lowest BCUT2D eigenvalue weighted by atomic mass is 10.0. The molecule has 24 heavy (non-hydrogen) atoms. The summed E-state index contributed by atoms with van der Waals surface area (Å²) in [5, 5.41) is 9.98. The van der Waals surface area contributed by atoms with E-state index in [9.17, 15) is 4.79 Å². The quantitative estimate of drug-likeness (QED) is 0.776. The Bertz CT molecular complexity index is 900. The van der Waals surface area contributed by atoms with Gasteiger partial charge >= 0.3 is 0 Å². The Labute approximate surface area is 138 Å². The van der Waals surface area contributed by atoms with E-state index in [2.05, 4.69) is 15.5 Å². The van der Waals surface area contributed by atoms with Crippen LogP contribution in [0, 0.1) is 0 Å². The Balaban J connectivity index is 1.62. The number of methoxy groups -OCH3 is 1. The highest BCUT2D eigenvalue weighted by atomic mass is 16.5. The molecule has 0 bridgehead atoms. The zero-order valence-corrected chi connectivity index (χ0v) is 13.0. The number of nitrogens with zero attached hydrogens (tertiary/aromatic N) is 1. The molecule has 4 rings (SSSR count). The summed E-state index contributed by atoms with van der Waals surface area (Å²) in [7, 11) is 1.60. The third kappa shape index (κ3) is 2.38. The smallest absolute Gasteiger partial charge is 0.274 e. The number of benzene rings is 2. The molecule has 6 heteroatoms. The van der Waals surface area contributed by atoms with Gasteiger partial charge in [0.1, 0.15) is 29.5 Å². The van der Waals surface area contributed by atoms with Crippen LogP contribution in [0.1, 0.15) is 16.1 Å². The highest BCUT2D eigenvalue weighted by molar-refractivity contribution is 6.05. The molecule has 0 spiro atoms. The summed E-state index contributed by atoms with van der Waals surface area (Å²) >= 11 is 0. The summed E-state index contributed by atoms with van der Waals surface area (Å²) < 4.78 is 10.8. The number of para-hydroxylation sites is 1. The molecule has 0 unspecified atom stereocenters. The minimum absolute atomic E-state index is 0.253. The average molecular weight is 321 g/mol. The molecular formula is C18H15N3O3. The second kappa shape index (κ2) is 5.73. The maximum absolute atomic E-state index is 12.5. The number of nitrogens with one attached hydrogen (secondary N) is 2. The first-order valence-electron chi connectivity index (χ1n) is 7.51. The van der Waals surface area contributed by atoms with Gasteiger partial charge in [-0.2, -0.15) is 5.10 Å². The SMILES string of the molecule is COc1ccc(NC(=O)c2[nH]nc3c2COc2ccccc2-3)cc1. The Morgan fingerprint density at radius 1 is 1.21 bits per heavy atom. The largest absolute Gasteiger partial charge is 0.497 e. The lowest BCUT2D eigenvalue weighted by Gasteiger charge is -2.17. The number of carbonyl (C=O) groups is 1. The molecule has 3 aromatic rings. The summed E-state index contributed by atoms with van der Waals surface area (Å²) in [4.78, 5) is 12.5. The maximum Gasteiger partial charge on any atom is 0.274 e. The summed E-state index contributed by atoms with van der Waals surface area (Å²) in [6.07, 6.45) is 0. The first-order chi connectivity index (χ1) is 11.8. The number of anilines is 1. The van der Waals surface area contributed by atoms with Gasteiger partial charge in [-0.05, 0) is 36.4 Å². The van der Waals surface area contributed by atoms with Gasteiger partial charge in [0, 0.05) is 16.8 Å². The van der Waals surface area contributed by atoms with Gasteiger partial charge in [0.2, 0.25) is 0 Å². The number of hydrogen-bond acceptors (Lipinski definition) is 4. The fourth-order valence-corrected chi connectivity index (χ4v) is 2.72. The van der Waals surface area contributed by atoms with E-state index >= 15 is 0 Å². The van der Waals surface area contributed by atoms with E-state index in [1.165, 1.54) is 0 Å². The molecule has 1 aromatic heterocycles. The van der Waals surface area contributed by atoms with Gasteiger partial charge in [0.05, 0.1) is 7.11 Å². The molecule has 0 radical (unpaired) electrons. The van der Waals surface area contributed by atoms with E-state index in [1.807, 2.05) is 24.3 Å². The van der Waals surface area contributed by atoms with Gasteiger partial charge in [0.25, 0.3) is 5.91 Å². The number of aromatic amines is 1. The van der Waals surface area contributed by atoms with E-state index < -0.39 is 0 Å². The number of fused-ring (bicyclic) bond motifs is 3. The normalized spacial score (nSPS) is 11.9. The lowest BCUT2D eigenvalue weighted by molar-refractivity contribution is 0.102. The summed E-state index contributed by atoms with van der Waals surface area (Å²) in [6.45, 7) is 0.314. The highest BCUT2D eigenvalue weighted by Gasteiger charge is 2.26. The molecule has 2 aromatic carbocycles. The molecule has 2 heterocycles. The fourth-order valence-electron chi connectivity index (χ4n) is 2.72. The minimum atomic E-state index is -0.253. The molecule has 0 saturated heterocycles. The number of H-pyrrole nitrogens is 1. The van der Waals surface area contributed by atoms with Crippen LogP contribution in [-0.4, -0.2) is 23.2 Å². The van der Waals surface area contributed by atoms with Crippen LogP contribution in [-0.2, 0) is 6.61 Å². The summed E-state index contributed by atoms with van der Waals surface area (Å²) in [5.74, 6) is 1.26. The highest BCUT2D eigenvalue weighted by Crippen LogP contribution is 2.37. The second-order valence-corrected chi connectivity index (χ2v) is 5.39. The van der Waals surface area contributed by atoms with Crippen molar-refractivity contribution in [2.45, 2.75) is 6.61 Å². The number of hydrogen-bond donors (Lipinski definition) is 2. The number of rotatable bonds is 3. The van der Waals surface area contributed by atoms with Gasteiger partial charge in [0.15, 0.2) is 0 Å². The molecule has 1 aliphatic heterocycles. The molecule has 6 nitrogen and oxygen atoms in total. The number of aromatic nitrogens is 2. The zero-order chi connectivity index (χ0) is 16.5. The molecule has 0 atom stereocenters. The predicted molar refractivity (Wildman–Crippen MR) is 89.3 cm³/mol. The Morgan fingerprint density at radius 3 is 2.79 bits per heavy atom. The summed E-state index contributed by atoms with van der Waals surface area (Å²) in [5.41, 5.74) is 3.51. The van der Waals surface area contributed by atoms with E-state index in [0.29, 0.717) is 18.0 Å². The van der Waals surface area contributed by atoms with Crippen LogP contribution in [0.4, 0.5) is 5.69 Å². The third-order valence-corrected chi connectivity index (χ3v) is 3.96. The van der Waals surface area contributed by atoms with E-state index in [0.717, 1.165) is 28.3 Å². The zero-order valence-electron chi connectivity index (χ0n) is 13.0. The van der Waals surface area contributed by atoms with Crippen molar-refractivity contribution >= 4 is 11.6 Å². The van der Waals surface area contributed by atoms with Gasteiger partial charge in [-0.3, -0.25) is 9.89 Å². The molecule has 2 N–H and O–H groups in total. The van der Waals surface area contributed by atoms with Crippen LogP contribution in [0.25, 0.3) is 11.3 Å². The minimum Gasteiger partial charge on any atom is -0.497 e. The molecule has 0 saturated carbocycles. The average Bonchev–Trinajstić information content (AvgIpc) is 3.07. The summed E-state index contributed by atoms with van der Waals surface area (Å²) in [6, 6.07) is 14.8. The molecule has 1 amide bonds. The first-order valence-corrected chi connectivity index (χ1v) is 7.51. The van der Waals surface area contributed by atoms with Gasteiger partial charge < -0.3 is 14.8 Å². The Kier molecular flexibility index (Phi) is 3.42. The maximum atomic E-state index is 12.5. The van der Waals surface area contributed by atoms with Crippen LogP contribution in [0.2, 0.25) is 0 Å². The van der Waals surface area contributed by atoms with Crippen molar-refractivity contribution in [3.05, 3.63) is 59.8 Å². The van der Waals surface area contributed by atoms with E-state index in [1.54, 1.807) is 31.4 Å². The predicted octanol–water partition coefficient (Wildman–Crippen LogP) is 3.23. The van der Waals surface area contributed by atoms with Crippen molar-refractivity contribution in [3.8, 4) is 22.8 Å². The van der Waals surface area contributed by atoms with Crippen LogP contribution in [0.15, 0.2) is 48.5 Å². The van der Waals surface area contributed by atoms with Crippen molar-refractivity contribution in [2.75, 3.05) is 12.4 Å². The monoisotopic (exact) mass is 321 g/mol. The topological polar surface area (TPSA) is 76.2 Å². The molecule has 0 aliphatic carbocycles. The van der Waals surface area contributed by atoms with Crippen molar-refractivity contribution in [2.24, 2.45) is 0 Å². The van der Waals surface area contributed by atoms with Crippen LogP contribution < -0.4 is 14.8 Å². The van der Waals surface area contributed by atoms with E-state index in [-0.39, 0.29) is 5.91 Å².